The monoisotopic (exact) mass is 430 g/mol. The van der Waals surface area contributed by atoms with Crippen LogP contribution in [0.2, 0.25) is 0 Å². The largest absolute Gasteiger partial charge is 0.495 e. The molecule has 0 bridgehead atoms. The SMILES string of the molecule is COc1ccccc1NC(=O)Cn1c(C)cc(C)c(-c2nc(-c3ccccc3)no2)c1=O. The van der Waals surface area contributed by atoms with Crippen LogP contribution in [0.1, 0.15) is 11.3 Å². The Labute approximate surface area is 184 Å². The number of hydrogen-bond donors (Lipinski definition) is 1. The number of carbonyl (C=O) groups is 1. The van der Waals surface area contributed by atoms with Gasteiger partial charge in [0, 0.05) is 11.3 Å². The Bertz CT molecular complexity index is 1330. The number of hydrogen-bond acceptors (Lipinski definition) is 6. The van der Waals surface area contributed by atoms with Crippen LogP contribution in [-0.2, 0) is 11.3 Å². The maximum Gasteiger partial charge on any atom is 0.264 e. The molecule has 8 heteroatoms. The second-order valence-electron chi connectivity index (χ2n) is 7.27. The van der Waals surface area contributed by atoms with Gasteiger partial charge in [-0.15, -0.1) is 0 Å². The smallest absolute Gasteiger partial charge is 0.264 e. The number of pyridine rings is 1. The highest BCUT2D eigenvalue weighted by molar-refractivity contribution is 5.92. The second kappa shape index (κ2) is 8.89. The van der Waals surface area contributed by atoms with E-state index in [0.29, 0.717) is 28.5 Å². The van der Waals surface area contributed by atoms with Crippen molar-refractivity contribution >= 4 is 11.6 Å². The van der Waals surface area contributed by atoms with E-state index in [9.17, 15) is 9.59 Å². The molecule has 0 radical (unpaired) electrons. The van der Waals surface area contributed by atoms with Crippen LogP contribution in [0.4, 0.5) is 5.69 Å². The maximum absolute atomic E-state index is 13.3. The molecule has 0 aliphatic carbocycles. The predicted molar refractivity (Wildman–Crippen MR) is 121 cm³/mol. The lowest BCUT2D eigenvalue weighted by Crippen LogP contribution is -2.30. The van der Waals surface area contributed by atoms with Gasteiger partial charge >= 0.3 is 0 Å². The standard InChI is InChI=1S/C24H22N4O4/c1-15-13-16(2)28(14-20(29)25-18-11-7-8-12-19(18)31-3)24(30)21(15)23-26-22(27-32-23)17-9-5-4-6-10-17/h4-13H,14H2,1-3H3,(H,25,29). The summed E-state index contributed by atoms with van der Waals surface area (Å²) in [5.41, 5.74) is 2.55. The minimum absolute atomic E-state index is 0.116. The van der Waals surface area contributed by atoms with E-state index in [0.717, 1.165) is 5.56 Å². The van der Waals surface area contributed by atoms with Gasteiger partial charge in [0.05, 0.1) is 12.8 Å². The van der Waals surface area contributed by atoms with E-state index in [1.54, 1.807) is 32.0 Å². The average Bonchev–Trinajstić information content (AvgIpc) is 3.27. The molecule has 1 N–H and O–H groups in total. The Morgan fingerprint density at radius 2 is 1.81 bits per heavy atom. The molecule has 32 heavy (non-hydrogen) atoms. The van der Waals surface area contributed by atoms with E-state index in [1.807, 2.05) is 42.5 Å². The molecule has 0 fully saturated rings. The topological polar surface area (TPSA) is 99.2 Å². The summed E-state index contributed by atoms with van der Waals surface area (Å²) in [5.74, 6) is 0.685. The number of benzene rings is 2. The van der Waals surface area contributed by atoms with Crippen LogP contribution in [0.25, 0.3) is 22.8 Å². The van der Waals surface area contributed by atoms with Gasteiger partial charge in [0.1, 0.15) is 17.9 Å². The third-order valence-electron chi connectivity index (χ3n) is 5.06. The molecule has 0 aliphatic rings. The highest BCUT2D eigenvalue weighted by Gasteiger charge is 2.20. The van der Waals surface area contributed by atoms with E-state index in [1.165, 1.54) is 11.7 Å². The van der Waals surface area contributed by atoms with E-state index < -0.39 is 0 Å². The van der Waals surface area contributed by atoms with Gasteiger partial charge in [-0.2, -0.15) is 4.98 Å². The van der Waals surface area contributed by atoms with Crippen molar-refractivity contribution in [2.24, 2.45) is 0 Å². The van der Waals surface area contributed by atoms with Gasteiger partial charge in [0.2, 0.25) is 11.7 Å². The Morgan fingerprint density at radius 1 is 1.09 bits per heavy atom. The number of methoxy groups -OCH3 is 1. The van der Waals surface area contributed by atoms with Crippen molar-refractivity contribution in [1.29, 1.82) is 0 Å². The summed E-state index contributed by atoms with van der Waals surface area (Å²) in [4.78, 5) is 30.4. The Morgan fingerprint density at radius 3 is 2.56 bits per heavy atom. The fourth-order valence-electron chi connectivity index (χ4n) is 3.49. The number of ether oxygens (including phenoxy) is 1. The number of anilines is 1. The zero-order valence-electron chi connectivity index (χ0n) is 18.0. The minimum Gasteiger partial charge on any atom is -0.495 e. The van der Waals surface area contributed by atoms with Crippen LogP contribution >= 0.6 is 0 Å². The summed E-state index contributed by atoms with van der Waals surface area (Å²) in [6.45, 7) is 3.41. The summed E-state index contributed by atoms with van der Waals surface area (Å²) >= 11 is 0. The summed E-state index contributed by atoms with van der Waals surface area (Å²) in [6, 6.07) is 18.2. The second-order valence-corrected chi connectivity index (χ2v) is 7.27. The first-order valence-corrected chi connectivity index (χ1v) is 10.0. The van der Waals surface area contributed by atoms with Gasteiger partial charge in [0.15, 0.2) is 0 Å². The molecule has 0 saturated heterocycles. The minimum atomic E-state index is -0.374. The first-order valence-electron chi connectivity index (χ1n) is 10.0. The van der Waals surface area contributed by atoms with Crippen molar-refractivity contribution in [1.82, 2.24) is 14.7 Å². The number of nitrogens with zero attached hydrogens (tertiary/aromatic N) is 3. The van der Waals surface area contributed by atoms with Gasteiger partial charge in [-0.1, -0.05) is 47.6 Å². The normalized spacial score (nSPS) is 10.7. The number of amides is 1. The number of carbonyl (C=O) groups excluding carboxylic acids is 1. The molecule has 0 atom stereocenters. The lowest BCUT2D eigenvalue weighted by atomic mass is 10.1. The van der Waals surface area contributed by atoms with Gasteiger partial charge in [-0.05, 0) is 37.6 Å². The molecule has 0 unspecified atom stereocenters. The fourth-order valence-corrected chi connectivity index (χ4v) is 3.49. The third kappa shape index (κ3) is 4.15. The fraction of sp³-hybridized carbons (Fsp3) is 0.167. The predicted octanol–water partition coefficient (Wildman–Crippen LogP) is 3.83. The number of rotatable bonds is 6. The van der Waals surface area contributed by atoms with Crippen LogP contribution in [0.5, 0.6) is 5.75 Å². The molecule has 162 valence electrons. The van der Waals surface area contributed by atoms with Crippen LogP contribution in [0.3, 0.4) is 0 Å². The Balaban J connectivity index is 1.65. The Kier molecular flexibility index (Phi) is 5.85. The van der Waals surface area contributed by atoms with Crippen molar-refractivity contribution in [3.8, 4) is 28.6 Å². The van der Waals surface area contributed by atoms with Crippen molar-refractivity contribution in [2.45, 2.75) is 20.4 Å². The van der Waals surface area contributed by atoms with Crippen molar-refractivity contribution < 1.29 is 14.1 Å². The summed E-state index contributed by atoms with van der Waals surface area (Å²) in [5, 5.41) is 6.79. The molecular weight excluding hydrogens is 408 g/mol. The first kappa shape index (κ1) is 21.0. The molecule has 0 spiro atoms. The van der Waals surface area contributed by atoms with E-state index in [2.05, 4.69) is 15.5 Å². The molecule has 4 rings (SSSR count). The number of aryl methyl sites for hydroxylation is 2. The van der Waals surface area contributed by atoms with Gasteiger partial charge in [-0.3, -0.25) is 9.59 Å². The molecule has 8 nitrogen and oxygen atoms in total. The molecule has 2 heterocycles. The first-order chi connectivity index (χ1) is 15.5. The Hall–Kier alpha value is -4.20. The quantitative estimate of drug-likeness (QED) is 0.499. The molecule has 2 aromatic heterocycles. The van der Waals surface area contributed by atoms with E-state index in [-0.39, 0.29) is 29.5 Å². The van der Waals surface area contributed by atoms with Crippen LogP contribution in [-0.4, -0.2) is 27.7 Å². The zero-order valence-corrected chi connectivity index (χ0v) is 18.0. The molecule has 4 aromatic rings. The lowest BCUT2D eigenvalue weighted by Gasteiger charge is -2.14. The maximum atomic E-state index is 13.3. The van der Waals surface area contributed by atoms with Crippen LogP contribution in [0.15, 0.2) is 70.0 Å². The van der Waals surface area contributed by atoms with Crippen molar-refractivity contribution in [2.75, 3.05) is 12.4 Å². The molecular formula is C24H22N4O4. The van der Waals surface area contributed by atoms with Gasteiger partial charge in [0.25, 0.3) is 11.4 Å². The van der Waals surface area contributed by atoms with Gasteiger partial charge < -0.3 is 19.1 Å². The zero-order chi connectivity index (χ0) is 22.7. The summed E-state index contributed by atoms with van der Waals surface area (Å²) < 4.78 is 12.1. The van der Waals surface area contributed by atoms with Crippen molar-refractivity contribution in [3.63, 3.8) is 0 Å². The van der Waals surface area contributed by atoms with Crippen molar-refractivity contribution in [3.05, 3.63) is 82.3 Å². The third-order valence-corrected chi connectivity index (χ3v) is 5.06. The number of para-hydroxylation sites is 2. The highest BCUT2D eigenvalue weighted by atomic mass is 16.5. The van der Waals surface area contributed by atoms with Crippen LogP contribution in [0, 0.1) is 13.8 Å². The molecule has 0 aliphatic heterocycles. The van der Waals surface area contributed by atoms with Crippen LogP contribution < -0.4 is 15.6 Å². The molecule has 1 amide bonds. The highest BCUT2D eigenvalue weighted by Crippen LogP contribution is 2.24. The summed E-state index contributed by atoms with van der Waals surface area (Å²) in [6.07, 6.45) is 0. The molecule has 0 saturated carbocycles. The lowest BCUT2D eigenvalue weighted by molar-refractivity contribution is -0.116. The van der Waals surface area contributed by atoms with E-state index in [4.69, 9.17) is 9.26 Å². The summed E-state index contributed by atoms with van der Waals surface area (Å²) in [7, 11) is 1.53. The van der Waals surface area contributed by atoms with E-state index >= 15 is 0 Å². The molecule has 2 aromatic carbocycles. The average molecular weight is 430 g/mol. The number of nitrogens with one attached hydrogen (secondary N) is 1. The number of aromatic nitrogens is 3. The van der Waals surface area contributed by atoms with Gasteiger partial charge in [-0.25, -0.2) is 0 Å².